The molecule has 1 aliphatic heterocycles. The summed E-state index contributed by atoms with van der Waals surface area (Å²) in [4.78, 5) is 11.5. The van der Waals surface area contributed by atoms with Crippen molar-refractivity contribution in [3.8, 4) is 11.3 Å². The van der Waals surface area contributed by atoms with Crippen molar-refractivity contribution >= 4 is 46.8 Å². The van der Waals surface area contributed by atoms with Gasteiger partial charge in [0, 0.05) is 43.7 Å². The summed E-state index contributed by atoms with van der Waals surface area (Å²) in [5.41, 5.74) is 1.07. The summed E-state index contributed by atoms with van der Waals surface area (Å²) in [5.74, 6) is 1.15. The number of piperazine rings is 1. The van der Waals surface area contributed by atoms with Gasteiger partial charge in [0.05, 0.1) is 15.7 Å². The standard InChI is InChI=1S/C20H18Cl2FN5S/c21-15-6-7-17(25-20(15)14-5-4-13(23)12-16(14)22)27-29-19-3-1-2-18(26-19)28-10-8-24-9-11-28/h1-7,12,24H,8-11H2,(H,25,27). The van der Waals surface area contributed by atoms with Crippen LogP contribution in [0.15, 0.2) is 53.6 Å². The van der Waals surface area contributed by atoms with E-state index in [1.165, 1.54) is 24.1 Å². The Bertz CT molecular complexity index is 1010. The van der Waals surface area contributed by atoms with Gasteiger partial charge in [-0.05, 0) is 42.5 Å². The fourth-order valence-electron chi connectivity index (χ4n) is 3.00. The van der Waals surface area contributed by atoms with Crippen LogP contribution < -0.4 is 14.9 Å². The van der Waals surface area contributed by atoms with E-state index in [2.05, 4.69) is 19.9 Å². The van der Waals surface area contributed by atoms with Gasteiger partial charge < -0.3 is 14.9 Å². The molecule has 4 rings (SSSR count). The first-order valence-corrected chi connectivity index (χ1v) is 10.6. The maximum absolute atomic E-state index is 13.4. The van der Waals surface area contributed by atoms with Crippen LogP contribution in [0.3, 0.4) is 0 Å². The number of halogens is 3. The lowest BCUT2D eigenvalue weighted by Crippen LogP contribution is -2.43. The van der Waals surface area contributed by atoms with Gasteiger partial charge in [-0.25, -0.2) is 14.4 Å². The van der Waals surface area contributed by atoms with E-state index >= 15 is 0 Å². The topological polar surface area (TPSA) is 53.1 Å². The van der Waals surface area contributed by atoms with Gasteiger partial charge in [0.2, 0.25) is 0 Å². The molecule has 1 saturated heterocycles. The van der Waals surface area contributed by atoms with E-state index in [1.54, 1.807) is 18.2 Å². The molecule has 0 aliphatic carbocycles. The summed E-state index contributed by atoms with van der Waals surface area (Å²) in [6.45, 7) is 3.80. The van der Waals surface area contributed by atoms with Crippen LogP contribution >= 0.6 is 35.1 Å². The summed E-state index contributed by atoms with van der Waals surface area (Å²) >= 11 is 13.8. The van der Waals surface area contributed by atoms with Crippen LogP contribution in [-0.4, -0.2) is 36.1 Å². The van der Waals surface area contributed by atoms with Crippen molar-refractivity contribution in [2.75, 3.05) is 35.8 Å². The fraction of sp³-hybridized carbons (Fsp3) is 0.200. The maximum Gasteiger partial charge on any atom is 0.136 e. The van der Waals surface area contributed by atoms with Gasteiger partial charge in [0.1, 0.15) is 22.5 Å². The molecule has 3 aromatic rings. The predicted molar refractivity (Wildman–Crippen MR) is 118 cm³/mol. The minimum Gasteiger partial charge on any atom is -0.354 e. The molecule has 2 aromatic heterocycles. The second-order valence-corrected chi connectivity index (χ2v) is 8.07. The molecule has 1 aliphatic rings. The van der Waals surface area contributed by atoms with E-state index in [9.17, 15) is 4.39 Å². The van der Waals surface area contributed by atoms with Crippen LogP contribution in [0.25, 0.3) is 11.3 Å². The van der Waals surface area contributed by atoms with Gasteiger partial charge in [-0.15, -0.1) is 0 Å². The van der Waals surface area contributed by atoms with Crippen molar-refractivity contribution in [3.05, 3.63) is 64.4 Å². The first kappa shape index (κ1) is 20.2. The van der Waals surface area contributed by atoms with Crippen LogP contribution in [0.5, 0.6) is 0 Å². The SMILES string of the molecule is Fc1ccc(-c2nc(NSc3cccc(N4CCNCC4)n3)ccc2Cl)c(Cl)c1. The van der Waals surface area contributed by atoms with E-state index in [-0.39, 0.29) is 5.02 Å². The zero-order valence-electron chi connectivity index (χ0n) is 15.3. The van der Waals surface area contributed by atoms with Crippen molar-refractivity contribution < 1.29 is 4.39 Å². The van der Waals surface area contributed by atoms with Crippen LogP contribution in [0, 0.1) is 5.82 Å². The number of nitrogens with zero attached hydrogens (tertiary/aromatic N) is 3. The summed E-state index contributed by atoms with van der Waals surface area (Å²) in [6, 6.07) is 13.6. The molecule has 2 N–H and O–H groups in total. The number of hydrogen-bond donors (Lipinski definition) is 2. The van der Waals surface area contributed by atoms with Gasteiger partial charge in [-0.1, -0.05) is 29.3 Å². The zero-order chi connectivity index (χ0) is 20.2. The first-order valence-electron chi connectivity index (χ1n) is 9.08. The molecule has 29 heavy (non-hydrogen) atoms. The lowest BCUT2D eigenvalue weighted by molar-refractivity contribution is 0.584. The average molecular weight is 450 g/mol. The summed E-state index contributed by atoms with van der Waals surface area (Å²) in [6.07, 6.45) is 0. The lowest BCUT2D eigenvalue weighted by atomic mass is 10.1. The molecule has 1 aromatic carbocycles. The molecule has 0 atom stereocenters. The van der Waals surface area contributed by atoms with Gasteiger partial charge in [0.25, 0.3) is 0 Å². The highest BCUT2D eigenvalue weighted by Crippen LogP contribution is 2.34. The second kappa shape index (κ2) is 9.17. The molecular weight excluding hydrogens is 432 g/mol. The number of aromatic nitrogens is 2. The van der Waals surface area contributed by atoms with Crippen LogP contribution in [0.1, 0.15) is 0 Å². The highest BCUT2D eigenvalue weighted by molar-refractivity contribution is 8.00. The van der Waals surface area contributed by atoms with Crippen LogP contribution in [0.2, 0.25) is 10.0 Å². The number of rotatable bonds is 5. The van der Waals surface area contributed by atoms with Gasteiger partial charge >= 0.3 is 0 Å². The monoisotopic (exact) mass is 449 g/mol. The quantitative estimate of drug-likeness (QED) is 0.527. The Balaban J connectivity index is 1.50. The Morgan fingerprint density at radius 1 is 1.00 bits per heavy atom. The van der Waals surface area contributed by atoms with Gasteiger partial charge in [-0.2, -0.15) is 0 Å². The summed E-state index contributed by atoms with van der Waals surface area (Å²) < 4.78 is 16.5. The fourth-order valence-corrected chi connectivity index (χ4v) is 4.08. The third-order valence-corrected chi connectivity index (χ3v) is 5.81. The predicted octanol–water partition coefficient (Wildman–Crippen LogP) is 5.12. The number of anilines is 2. The molecule has 0 bridgehead atoms. The molecule has 9 heteroatoms. The number of benzene rings is 1. The van der Waals surface area contributed by atoms with Crippen molar-refractivity contribution in [3.63, 3.8) is 0 Å². The smallest absolute Gasteiger partial charge is 0.136 e. The highest BCUT2D eigenvalue weighted by atomic mass is 35.5. The normalized spacial score (nSPS) is 14.1. The number of nitrogens with one attached hydrogen (secondary N) is 2. The van der Waals surface area contributed by atoms with E-state index in [0.717, 1.165) is 37.0 Å². The first-order chi connectivity index (χ1) is 14.1. The summed E-state index contributed by atoms with van der Waals surface area (Å²) in [7, 11) is 0. The Kier molecular flexibility index (Phi) is 6.40. The molecule has 3 heterocycles. The molecular formula is C20H18Cl2FN5S. The molecule has 150 valence electrons. The van der Waals surface area contributed by atoms with E-state index in [0.29, 0.717) is 22.1 Å². The van der Waals surface area contributed by atoms with E-state index < -0.39 is 5.82 Å². The maximum atomic E-state index is 13.4. The molecule has 0 radical (unpaired) electrons. The van der Waals surface area contributed by atoms with Crippen molar-refractivity contribution in [2.45, 2.75) is 5.03 Å². The van der Waals surface area contributed by atoms with E-state index in [1.807, 2.05) is 18.2 Å². The Hall–Kier alpha value is -2.06. The van der Waals surface area contributed by atoms with E-state index in [4.69, 9.17) is 28.2 Å². The zero-order valence-corrected chi connectivity index (χ0v) is 17.7. The second-order valence-electron chi connectivity index (χ2n) is 6.43. The van der Waals surface area contributed by atoms with Crippen molar-refractivity contribution in [2.24, 2.45) is 0 Å². The Morgan fingerprint density at radius 2 is 1.83 bits per heavy atom. The van der Waals surface area contributed by atoms with Crippen LogP contribution in [-0.2, 0) is 0 Å². The van der Waals surface area contributed by atoms with Crippen LogP contribution in [0.4, 0.5) is 16.0 Å². The minimum atomic E-state index is -0.407. The van der Waals surface area contributed by atoms with Gasteiger partial charge in [0.15, 0.2) is 0 Å². The largest absolute Gasteiger partial charge is 0.354 e. The molecule has 0 amide bonds. The molecule has 0 unspecified atom stereocenters. The average Bonchev–Trinajstić information content (AvgIpc) is 2.74. The lowest BCUT2D eigenvalue weighted by Gasteiger charge is -2.28. The van der Waals surface area contributed by atoms with Crippen molar-refractivity contribution in [1.29, 1.82) is 0 Å². The third-order valence-electron chi connectivity index (χ3n) is 4.44. The minimum absolute atomic E-state index is 0.259. The summed E-state index contributed by atoms with van der Waals surface area (Å²) in [5, 5.41) is 4.87. The van der Waals surface area contributed by atoms with Gasteiger partial charge in [-0.3, -0.25) is 0 Å². The molecule has 0 spiro atoms. The number of pyridine rings is 2. The Labute approximate surface area is 182 Å². The molecule has 5 nitrogen and oxygen atoms in total. The Morgan fingerprint density at radius 3 is 2.62 bits per heavy atom. The molecule has 1 fully saturated rings. The third kappa shape index (κ3) is 4.93. The number of hydrogen-bond acceptors (Lipinski definition) is 6. The molecule has 0 saturated carbocycles. The highest BCUT2D eigenvalue weighted by Gasteiger charge is 2.13. The van der Waals surface area contributed by atoms with Crippen molar-refractivity contribution in [1.82, 2.24) is 15.3 Å².